The molecule has 1 aromatic carbocycles. The Morgan fingerprint density at radius 1 is 1.29 bits per heavy atom. The number of H-pyrrole nitrogens is 1. The Morgan fingerprint density at radius 2 is 2.07 bits per heavy atom. The lowest BCUT2D eigenvalue weighted by Crippen LogP contribution is -2.29. The minimum atomic E-state index is -0.0147. The van der Waals surface area contributed by atoms with Crippen LogP contribution < -0.4 is 9.64 Å². The van der Waals surface area contributed by atoms with Gasteiger partial charge in [0, 0.05) is 24.6 Å². The normalized spacial score (nSPS) is 20.5. The standard InChI is InChI=1S/C19H21N5O2S2/c1-6-24-17(25)16(28-19(24)20-15-10(2)21-22-11(15)3)18-23(4)13-9-12(26-5)7-8-14(13)27-18/h7-9H,6H2,1-5H3,(H,21,22)/b18-16-,20-19?. The number of methoxy groups -OCH3 is 1. The van der Waals surface area contributed by atoms with Crippen LogP contribution in [0, 0.1) is 13.8 Å². The summed E-state index contributed by atoms with van der Waals surface area (Å²) in [5.41, 5.74) is 3.54. The van der Waals surface area contributed by atoms with Crippen molar-refractivity contribution in [1.82, 2.24) is 15.1 Å². The van der Waals surface area contributed by atoms with E-state index in [9.17, 15) is 4.79 Å². The first-order chi connectivity index (χ1) is 13.4. The molecule has 0 saturated carbocycles. The first kappa shape index (κ1) is 18.9. The molecular formula is C19H21N5O2S2. The Kier molecular flexibility index (Phi) is 4.88. The van der Waals surface area contributed by atoms with Crippen molar-refractivity contribution in [3.63, 3.8) is 0 Å². The third-order valence-electron chi connectivity index (χ3n) is 4.71. The molecule has 2 aliphatic rings. The molecular weight excluding hydrogens is 394 g/mol. The Morgan fingerprint density at radius 3 is 2.71 bits per heavy atom. The van der Waals surface area contributed by atoms with Crippen molar-refractivity contribution in [2.45, 2.75) is 25.7 Å². The topological polar surface area (TPSA) is 73.8 Å². The van der Waals surface area contributed by atoms with E-state index in [1.165, 1.54) is 11.8 Å². The van der Waals surface area contributed by atoms with Gasteiger partial charge in [-0.05, 0) is 44.7 Å². The van der Waals surface area contributed by atoms with Crippen LogP contribution in [0.2, 0.25) is 0 Å². The van der Waals surface area contributed by atoms with E-state index >= 15 is 0 Å². The van der Waals surface area contributed by atoms with Crippen molar-refractivity contribution >= 4 is 46.0 Å². The third kappa shape index (κ3) is 2.98. The summed E-state index contributed by atoms with van der Waals surface area (Å²) in [5.74, 6) is 0.783. The van der Waals surface area contributed by atoms with Crippen LogP contribution in [0.3, 0.4) is 0 Å². The van der Waals surface area contributed by atoms with Crippen LogP contribution in [-0.2, 0) is 4.79 Å². The number of nitrogens with zero attached hydrogens (tertiary/aromatic N) is 4. The smallest absolute Gasteiger partial charge is 0.269 e. The number of amides is 1. The molecule has 1 fully saturated rings. The molecule has 0 unspecified atom stereocenters. The van der Waals surface area contributed by atoms with Crippen LogP contribution in [0.25, 0.3) is 0 Å². The average molecular weight is 416 g/mol. The van der Waals surface area contributed by atoms with E-state index in [0.29, 0.717) is 16.6 Å². The summed E-state index contributed by atoms with van der Waals surface area (Å²) in [4.78, 5) is 23.5. The fourth-order valence-corrected chi connectivity index (χ4v) is 5.53. The number of carbonyl (C=O) groups excluding carboxylic acids is 1. The van der Waals surface area contributed by atoms with E-state index in [2.05, 4.69) is 10.2 Å². The Hall–Kier alpha value is -2.39. The van der Waals surface area contributed by atoms with Gasteiger partial charge in [-0.3, -0.25) is 14.8 Å². The third-order valence-corrected chi connectivity index (χ3v) is 7.14. The van der Waals surface area contributed by atoms with Gasteiger partial charge in [-0.1, -0.05) is 11.8 Å². The number of fused-ring (bicyclic) bond motifs is 1. The van der Waals surface area contributed by atoms with Crippen LogP contribution in [0.1, 0.15) is 18.3 Å². The van der Waals surface area contributed by atoms with Gasteiger partial charge in [0.2, 0.25) is 0 Å². The maximum atomic E-state index is 13.1. The van der Waals surface area contributed by atoms with Gasteiger partial charge in [0.15, 0.2) is 5.17 Å². The summed E-state index contributed by atoms with van der Waals surface area (Å²) < 4.78 is 5.34. The van der Waals surface area contributed by atoms with Crippen molar-refractivity contribution in [1.29, 1.82) is 0 Å². The quantitative estimate of drug-likeness (QED) is 0.763. The van der Waals surface area contributed by atoms with E-state index in [4.69, 9.17) is 9.73 Å². The number of hydrogen-bond donors (Lipinski definition) is 1. The Bertz CT molecular complexity index is 1010. The summed E-state index contributed by atoms with van der Waals surface area (Å²) in [6.45, 7) is 6.36. The zero-order valence-corrected chi connectivity index (χ0v) is 18.0. The number of thioether (sulfide) groups is 2. The van der Waals surface area contributed by atoms with E-state index in [-0.39, 0.29) is 5.91 Å². The number of rotatable bonds is 3. The molecule has 1 saturated heterocycles. The largest absolute Gasteiger partial charge is 0.497 e. The fraction of sp³-hybridized carbons (Fsp3) is 0.316. The molecule has 2 aliphatic heterocycles. The van der Waals surface area contributed by atoms with E-state index in [1.807, 2.05) is 50.9 Å². The second kappa shape index (κ2) is 7.21. The van der Waals surface area contributed by atoms with E-state index in [1.54, 1.807) is 23.8 Å². The number of ether oxygens (including phenoxy) is 1. The van der Waals surface area contributed by atoms with Crippen LogP contribution in [0.5, 0.6) is 5.75 Å². The number of amidine groups is 1. The molecule has 4 rings (SSSR count). The van der Waals surface area contributed by atoms with Crippen molar-refractivity contribution in [2.75, 3.05) is 25.6 Å². The monoisotopic (exact) mass is 415 g/mol. The van der Waals surface area contributed by atoms with Crippen molar-refractivity contribution in [2.24, 2.45) is 4.99 Å². The number of likely N-dealkylation sites (N-methyl/N-ethyl adjacent to an activating group) is 1. The highest BCUT2D eigenvalue weighted by atomic mass is 32.2. The number of aromatic nitrogens is 2. The summed E-state index contributed by atoms with van der Waals surface area (Å²) in [6.07, 6.45) is 0. The minimum Gasteiger partial charge on any atom is -0.497 e. The van der Waals surface area contributed by atoms with Crippen LogP contribution in [-0.4, -0.2) is 46.9 Å². The van der Waals surface area contributed by atoms with Gasteiger partial charge in [-0.2, -0.15) is 5.10 Å². The highest BCUT2D eigenvalue weighted by Crippen LogP contribution is 2.51. The van der Waals surface area contributed by atoms with E-state index < -0.39 is 0 Å². The predicted molar refractivity (Wildman–Crippen MR) is 114 cm³/mol. The fourth-order valence-electron chi connectivity index (χ4n) is 3.16. The zero-order chi connectivity index (χ0) is 20.0. The number of anilines is 1. The first-order valence-corrected chi connectivity index (χ1v) is 10.5. The summed E-state index contributed by atoms with van der Waals surface area (Å²) in [6, 6.07) is 5.95. The summed E-state index contributed by atoms with van der Waals surface area (Å²) >= 11 is 3.02. The molecule has 0 spiro atoms. The molecule has 0 atom stereocenters. The SMILES string of the molecule is CCN1C(=O)/C(=C2/Sc3ccc(OC)cc3N2C)SC1=Nc1c(C)n[nH]c1C. The molecule has 146 valence electrons. The van der Waals surface area contributed by atoms with Crippen molar-refractivity contribution in [3.8, 4) is 5.75 Å². The number of aliphatic imine (C=N–C) groups is 1. The average Bonchev–Trinajstić information content (AvgIpc) is 3.30. The molecule has 1 amide bonds. The lowest BCUT2D eigenvalue weighted by Gasteiger charge is -2.15. The summed E-state index contributed by atoms with van der Waals surface area (Å²) in [7, 11) is 3.63. The number of nitrogens with one attached hydrogen (secondary N) is 1. The molecule has 7 nitrogen and oxygen atoms in total. The Labute approximate surface area is 172 Å². The molecule has 2 aromatic rings. The van der Waals surface area contributed by atoms with E-state index in [0.717, 1.165) is 38.4 Å². The number of aryl methyl sites for hydroxylation is 2. The molecule has 0 bridgehead atoms. The minimum absolute atomic E-state index is 0.0147. The van der Waals surface area contributed by atoms with Crippen molar-refractivity contribution in [3.05, 3.63) is 39.5 Å². The molecule has 1 N–H and O–H groups in total. The van der Waals surface area contributed by atoms with Crippen LogP contribution in [0.15, 0.2) is 38.0 Å². The number of benzene rings is 1. The second-order valence-electron chi connectivity index (χ2n) is 6.46. The molecule has 0 aliphatic carbocycles. The van der Waals surface area contributed by atoms with Gasteiger partial charge in [0.05, 0.1) is 29.2 Å². The molecule has 3 heterocycles. The maximum Gasteiger partial charge on any atom is 0.269 e. The zero-order valence-electron chi connectivity index (χ0n) is 16.4. The van der Waals surface area contributed by atoms with Crippen molar-refractivity contribution < 1.29 is 9.53 Å². The van der Waals surface area contributed by atoms with Gasteiger partial charge in [0.25, 0.3) is 5.91 Å². The van der Waals surface area contributed by atoms with Gasteiger partial charge in [-0.25, -0.2) is 4.99 Å². The second-order valence-corrected chi connectivity index (χ2v) is 8.47. The highest BCUT2D eigenvalue weighted by molar-refractivity contribution is 8.19. The van der Waals surface area contributed by atoms with Crippen LogP contribution in [0.4, 0.5) is 11.4 Å². The lowest BCUT2D eigenvalue weighted by molar-refractivity contribution is -0.122. The number of aromatic amines is 1. The first-order valence-electron chi connectivity index (χ1n) is 8.88. The molecule has 0 radical (unpaired) electrons. The molecule has 28 heavy (non-hydrogen) atoms. The molecule has 1 aromatic heterocycles. The maximum absolute atomic E-state index is 13.1. The number of carbonyl (C=O) groups is 1. The van der Waals surface area contributed by atoms with Gasteiger partial charge < -0.3 is 9.64 Å². The summed E-state index contributed by atoms with van der Waals surface area (Å²) in [5, 5.41) is 8.75. The Balaban J connectivity index is 1.74. The molecule has 9 heteroatoms. The van der Waals surface area contributed by atoms with Crippen LogP contribution >= 0.6 is 23.5 Å². The van der Waals surface area contributed by atoms with Gasteiger partial charge in [0.1, 0.15) is 16.3 Å². The van der Waals surface area contributed by atoms with Gasteiger partial charge in [-0.15, -0.1) is 0 Å². The predicted octanol–water partition coefficient (Wildman–Crippen LogP) is 4.03. The van der Waals surface area contributed by atoms with Gasteiger partial charge >= 0.3 is 0 Å². The highest BCUT2D eigenvalue weighted by Gasteiger charge is 2.38. The lowest BCUT2D eigenvalue weighted by atomic mass is 10.3. The number of hydrogen-bond acceptors (Lipinski definition) is 7.